The van der Waals surface area contributed by atoms with Gasteiger partial charge in [-0.15, -0.1) is 0 Å². The second-order valence-corrected chi connectivity index (χ2v) is 9.54. The fourth-order valence-electron chi connectivity index (χ4n) is 3.00. The van der Waals surface area contributed by atoms with E-state index in [1.807, 2.05) is 55.4 Å². The first-order chi connectivity index (χ1) is 12.6. The Hall–Kier alpha value is -1.54. The number of nitrogens with zero attached hydrogens (tertiary/aromatic N) is 2. The third-order valence-corrected chi connectivity index (χ3v) is 4.68. The van der Waals surface area contributed by atoms with Crippen LogP contribution in [0.3, 0.4) is 0 Å². The van der Waals surface area contributed by atoms with Crippen molar-refractivity contribution in [2.75, 3.05) is 13.1 Å². The predicted molar refractivity (Wildman–Crippen MR) is 106 cm³/mol. The minimum atomic E-state index is -0.468. The van der Waals surface area contributed by atoms with Crippen LogP contribution in [0.15, 0.2) is 0 Å². The van der Waals surface area contributed by atoms with Gasteiger partial charge in [-0.25, -0.2) is 9.59 Å². The second-order valence-electron chi connectivity index (χ2n) is 9.54. The van der Waals surface area contributed by atoms with Crippen LogP contribution in [0, 0.1) is 0 Å². The smallest absolute Gasteiger partial charge is 0.410 e. The number of aliphatic hydroxyl groups is 2. The van der Waals surface area contributed by atoms with Gasteiger partial charge in [0.05, 0.1) is 24.3 Å². The van der Waals surface area contributed by atoms with Crippen molar-refractivity contribution >= 4 is 12.2 Å². The summed E-state index contributed by atoms with van der Waals surface area (Å²) in [5.74, 6) is 0. The van der Waals surface area contributed by atoms with Crippen LogP contribution >= 0.6 is 0 Å². The number of hydrogen-bond acceptors (Lipinski definition) is 6. The maximum absolute atomic E-state index is 11.6. The monoisotopic (exact) mass is 402 g/mol. The van der Waals surface area contributed by atoms with E-state index in [4.69, 9.17) is 9.47 Å². The fraction of sp³-hybridized carbons (Fsp3) is 0.900. The van der Waals surface area contributed by atoms with Crippen molar-refractivity contribution in [3.63, 3.8) is 0 Å². The lowest BCUT2D eigenvalue weighted by molar-refractivity contribution is 0.0170. The van der Waals surface area contributed by atoms with Gasteiger partial charge in [-0.1, -0.05) is 0 Å². The summed E-state index contributed by atoms with van der Waals surface area (Å²) in [6, 6.07) is -0.269. The number of aliphatic hydroxyl groups excluding tert-OH is 2. The number of amides is 2. The van der Waals surface area contributed by atoms with Gasteiger partial charge in [0.15, 0.2) is 0 Å². The molecule has 2 fully saturated rings. The molecule has 0 bridgehead atoms. The number of hydrogen-bond donors (Lipinski definition) is 2. The largest absolute Gasteiger partial charge is 0.444 e. The Morgan fingerprint density at radius 2 is 1.04 bits per heavy atom. The van der Waals surface area contributed by atoms with Crippen molar-refractivity contribution in [3.05, 3.63) is 0 Å². The molecular formula is C20H38N2O6. The molecule has 0 saturated carbocycles. The fourth-order valence-corrected chi connectivity index (χ4v) is 3.00. The van der Waals surface area contributed by atoms with Gasteiger partial charge in [0, 0.05) is 13.1 Å². The zero-order chi connectivity index (χ0) is 21.9. The molecule has 0 spiro atoms. The number of ether oxygens (including phenoxy) is 2. The first-order valence-electron chi connectivity index (χ1n) is 9.98. The van der Waals surface area contributed by atoms with Gasteiger partial charge in [-0.05, 0) is 68.2 Å². The molecule has 2 rings (SSSR count). The summed E-state index contributed by atoms with van der Waals surface area (Å²) in [5.41, 5.74) is -0.936. The first-order valence-corrected chi connectivity index (χ1v) is 9.98. The highest BCUT2D eigenvalue weighted by atomic mass is 16.6. The molecule has 0 unspecified atom stereocenters. The van der Waals surface area contributed by atoms with Gasteiger partial charge in [-0.3, -0.25) is 0 Å². The van der Waals surface area contributed by atoms with Crippen molar-refractivity contribution in [2.45, 2.75) is 104 Å². The molecule has 8 nitrogen and oxygen atoms in total. The van der Waals surface area contributed by atoms with E-state index in [0.717, 1.165) is 0 Å². The average Bonchev–Trinajstić information content (AvgIpc) is 3.00. The number of carbonyl (C=O) groups excluding carboxylic acids is 2. The van der Waals surface area contributed by atoms with E-state index in [0.29, 0.717) is 25.9 Å². The van der Waals surface area contributed by atoms with Crippen LogP contribution in [0.2, 0.25) is 0 Å². The standard InChI is InChI=1S/2C10H19NO3/c2*1-7-8(12)5-6-11(7)9(13)14-10(2,3)4/h2*7-8,12H,5-6H2,1-4H3/t2*7-,8-/m10/s1. The molecule has 0 radical (unpaired) electrons. The molecule has 4 atom stereocenters. The van der Waals surface area contributed by atoms with Crippen molar-refractivity contribution in [1.29, 1.82) is 0 Å². The van der Waals surface area contributed by atoms with E-state index in [2.05, 4.69) is 0 Å². The van der Waals surface area contributed by atoms with Crippen LogP contribution in [0.25, 0.3) is 0 Å². The van der Waals surface area contributed by atoms with Crippen LogP contribution in [0.5, 0.6) is 0 Å². The minimum absolute atomic E-state index is 0.134. The summed E-state index contributed by atoms with van der Waals surface area (Å²) in [5, 5.41) is 18.9. The number of likely N-dealkylation sites (tertiary alicyclic amines) is 2. The van der Waals surface area contributed by atoms with Crippen LogP contribution < -0.4 is 0 Å². The van der Waals surface area contributed by atoms with Crippen LogP contribution in [0.1, 0.15) is 68.2 Å². The highest BCUT2D eigenvalue weighted by Gasteiger charge is 2.36. The van der Waals surface area contributed by atoms with Crippen molar-refractivity contribution in [1.82, 2.24) is 9.80 Å². The van der Waals surface area contributed by atoms with E-state index in [-0.39, 0.29) is 24.3 Å². The molecule has 2 heterocycles. The molecule has 2 aliphatic heterocycles. The summed E-state index contributed by atoms with van der Waals surface area (Å²) in [6.45, 7) is 15.8. The molecule has 2 amide bonds. The van der Waals surface area contributed by atoms with Gasteiger partial charge in [-0.2, -0.15) is 0 Å². The predicted octanol–water partition coefficient (Wildman–Crippen LogP) is 2.75. The molecule has 164 valence electrons. The molecule has 0 aromatic carbocycles. The summed E-state index contributed by atoms with van der Waals surface area (Å²) in [7, 11) is 0. The molecule has 2 saturated heterocycles. The maximum Gasteiger partial charge on any atom is 0.410 e. The molecule has 2 N–H and O–H groups in total. The molecule has 2 aliphatic rings. The van der Waals surface area contributed by atoms with Crippen molar-refractivity contribution in [2.24, 2.45) is 0 Å². The SMILES string of the molecule is C[C@@H]1[C@H](O)CCN1C(=O)OC(C)(C)C.C[C@H]1[C@@H](O)CCN1C(=O)OC(C)(C)C. The Kier molecular flexibility index (Phi) is 8.14. The molecule has 0 aromatic rings. The zero-order valence-corrected chi connectivity index (χ0v) is 18.6. The summed E-state index contributed by atoms with van der Waals surface area (Å²) < 4.78 is 10.4. The van der Waals surface area contributed by atoms with Crippen LogP contribution in [-0.2, 0) is 9.47 Å². The van der Waals surface area contributed by atoms with E-state index >= 15 is 0 Å². The Bertz CT molecular complexity index is 492. The van der Waals surface area contributed by atoms with Gasteiger partial charge in [0.1, 0.15) is 11.2 Å². The van der Waals surface area contributed by atoms with Crippen LogP contribution in [0.4, 0.5) is 9.59 Å². The maximum atomic E-state index is 11.6. The van der Waals surface area contributed by atoms with E-state index in [9.17, 15) is 19.8 Å². The third-order valence-electron chi connectivity index (χ3n) is 4.68. The lowest BCUT2D eigenvalue weighted by atomic mass is 10.2. The lowest BCUT2D eigenvalue weighted by Crippen LogP contribution is -2.40. The normalized spacial score (nSPS) is 27.9. The zero-order valence-electron chi connectivity index (χ0n) is 18.6. The Labute approximate surface area is 168 Å². The van der Waals surface area contributed by atoms with Gasteiger partial charge in [0.25, 0.3) is 0 Å². The average molecular weight is 403 g/mol. The number of rotatable bonds is 0. The van der Waals surface area contributed by atoms with Gasteiger partial charge in [0.2, 0.25) is 0 Å². The molecule has 0 aliphatic carbocycles. The van der Waals surface area contributed by atoms with Gasteiger partial charge < -0.3 is 29.5 Å². The van der Waals surface area contributed by atoms with Gasteiger partial charge >= 0.3 is 12.2 Å². The summed E-state index contributed by atoms with van der Waals surface area (Å²) in [4.78, 5) is 26.4. The summed E-state index contributed by atoms with van der Waals surface area (Å²) in [6.07, 6.45) is -0.214. The third kappa shape index (κ3) is 7.47. The summed E-state index contributed by atoms with van der Waals surface area (Å²) >= 11 is 0. The molecule has 0 aromatic heterocycles. The quantitative estimate of drug-likeness (QED) is 0.646. The Morgan fingerprint density at radius 1 is 0.750 bits per heavy atom. The van der Waals surface area contributed by atoms with E-state index in [1.54, 1.807) is 9.80 Å². The van der Waals surface area contributed by atoms with E-state index < -0.39 is 23.4 Å². The lowest BCUT2D eigenvalue weighted by Gasteiger charge is -2.27. The number of carbonyl (C=O) groups is 2. The minimum Gasteiger partial charge on any atom is -0.444 e. The van der Waals surface area contributed by atoms with E-state index in [1.165, 1.54) is 0 Å². The highest BCUT2D eigenvalue weighted by Crippen LogP contribution is 2.21. The highest BCUT2D eigenvalue weighted by molar-refractivity contribution is 5.69. The van der Waals surface area contributed by atoms with Crippen LogP contribution in [-0.4, -0.2) is 80.8 Å². The Morgan fingerprint density at radius 3 is 1.21 bits per heavy atom. The molecular weight excluding hydrogens is 364 g/mol. The molecule has 8 heteroatoms. The first kappa shape index (κ1) is 24.5. The Balaban J connectivity index is 0.000000280. The molecule has 28 heavy (non-hydrogen) atoms. The van der Waals surface area contributed by atoms with Crippen molar-refractivity contribution < 1.29 is 29.3 Å². The topological polar surface area (TPSA) is 99.5 Å². The van der Waals surface area contributed by atoms with Crippen molar-refractivity contribution in [3.8, 4) is 0 Å². The second kappa shape index (κ2) is 9.31.